The fourth-order valence-corrected chi connectivity index (χ4v) is 2.40. The summed E-state index contributed by atoms with van der Waals surface area (Å²) in [5, 5.41) is 0.604. The molecule has 116 valence electrons. The van der Waals surface area contributed by atoms with Crippen molar-refractivity contribution in [1.29, 1.82) is 0 Å². The van der Waals surface area contributed by atoms with Crippen LogP contribution in [0.25, 0.3) is 0 Å². The van der Waals surface area contributed by atoms with Crippen molar-refractivity contribution in [3.8, 4) is 0 Å². The molecule has 0 amide bonds. The van der Waals surface area contributed by atoms with E-state index in [-0.39, 0.29) is 12.1 Å². The molecule has 0 bridgehead atoms. The van der Waals surface area contributed by atoms with E-state index in [1.165, 1.54) is 5.56 Å². The lowest BCUT2D eigenvalue weighted by Crippen LogP contribution is -2.30. The van der Waals surface area contributed by atoms with E-state index in [2.05, 4.69) is 17.0 Å². The van der Waals surface area contributed by atoms with Gasteiger partial charge in [0.2, 0.25) is 0 Å². The number of likely N-dealkylation sites (N-methyl/N-ethyl adjacent to an activating group) is 1. The van der Waals surface area contributed by atoms with Crippen molar-refractivity contribution in [2.24, 2.45) is 0 Å². The molecule has 3 nitrogen and oxygen atoms in total. The molecule has 4 heteroatoms. The standard InChI is InChI=1S/C18H20ClNO2/c1-14(12-20(2)13-15-6-4-3-5-7-15)22-18(21)16-8-10-17(19)11-9-16/h3-11,14H,12-13H2,1-2H3. The average Bonchev–Trinajstić information content (AvgIpc) is 2.48. The monoisotopic (exact) mass is 317 g/mol. The van der Waals surface area contributed by atoms with Crippen LogP contribution in [0.15, 0.2) is 54.6 Å². The molecule has 0 radical (unpaired) electrons. The predicted octanol–water partition coefficient (Wildman–Crippen LogP) is 4.02. The van der Waals surface area contributed by atoms with Crippen LogP contribution in [0.1, 0.15) is 22.8 Å². The summed E-state index contributed by atoms with van der Waals surface area (Å²) in [5.41, 5.74) is 1.75. The number of carbonyl (C=O) groups is 1. The van der Waals surface area contributed by atoms with Crippen molar-refractivity contribution < 1.29 is 9.53 Å². The van der Waals surface area contributed by atoms with Gasteiger partial charge in [-0.05, 0) is 43.8 Å². The average molecular weight is 318 g/mol. The molecular formula is C18H20ClNO2. The Kier molecular flexibility index (Phi) is 5.99. The molecule has 2 aromatic carbocycles. The van der Waals surface area contributed by atoms with Gasteiger partial charge in [0.05, 0.1) is 5.56 Å². The van der Waals surface area contributed by atoms with E-state index in [0.717, 1.165) is 6.54 Å². The minimum atomic E-state index is -0.322. The lowest BCUT2D eigenvalue weighted by molar-refractivity contribution is 0.0268. The first-order chi connectivity index (χ1) is 10.5. The Bertz CT molecular complexity index is 598. The van der Waals surface area contributed by atoms with Crippen LogP contribution in [-0.2, 0) is 11.3 Å². The summed E-state index contributed by atoms with van der Waals surface area (Å²) in [6.07, 6.45) is -0.183. The summed E-state index contributed by atoms with van der Waals surface area (Å²) in [5.74, 6) is -0.322. The molecule has 2 aromatic rings. The van der Waals surface area contributed by atoms with Crippen molar-refractivity contribution in [3.05, 3.63) is 70.7 Å². The SMILES string of the molecule is CC(CN(C)Cc1ccccc1)OC(=O)c1ccc(Cl)cc1. The van der Waals surface area contributed by atoms with Gasteiger partial charge in [-0.1, -0.05) is 41.9 Å². The molecule has 0 aliphatic carbocycles. The van der Waals surface area contributed by atoms with Crippen molar-refractivity contribution in [1.82, 2.24) is 4.90 Å². The van der Waals surface area contributed by atoms with E-state index in [1.807, 2.05) is 32.2 Å². The van der Waals surface area contributed by atoms with Crippen LogP contribution in [0.5, 0.6) is 0 Å². The minimum Gasteiger partial charge on any atom is -0.458 e. The predicted molar refractivity (Wildman–Crippen MR) is 89.1 cm³/mol. The lowest BCUT2D eigenvalue weighted by atomic mass is 10.2. The molecule has 2 rings (SSSR count). The van der Waals surface area contributed by atoms with Crippen molar-refractivity contribution in [2.75, 3.05) is 13.6 Å². The van der Waals surface area contributed by atoms with Crippen molar-refractivity contribution >= 4 is 17.6 Å². The highest BCUT2D eigenvalue weighted by Gasteiger charge is 2.14. The number of carbonyl (C=O) groups excluding carboxylic acids is 1. The van der Waals surface area contributed by atoms with E-state index in [0.29, 0.717) is 17.1 Å². The van der Waals surface area contributed by atoms with Crippen LogP contribution in [0.4, 0.5) is 0 Å². The van der Waals surface area contributed by atoms with E-state index < -0.39 is 0 Å². The normalized spacial score (nSPS) is 12.2. The van der Waals surface area contributed by atoms with Gasteiger partial charge in [-0.25, -0.2) is 4.79 Å². The van der Waals surface area contributed by atoms with E-state index >= 15 is 0 Å². The fraction of sp³-hybridized carbons (Fsp3) is 0.278. The Morgan fingerprint density at radius 3 is 2.41 bits per heavy atom. The van der Waals surface area contributed by atoms with Gasteiger partial charge in [-0.3, -0.25) is 4.90 Å². The molecule has 0 N–H and O–H groups in total. The summed E-state index contributed by atoms with van der Waals surface area (Å²) < 4.78 is 5.46. The quantitative estimate of drug-likeness (QED) is 0.754. The molecule has 0 heterocycles. The molecule has 0 spiro atoms. The number of hydrogen-bond donors (Lipinski definition) is 0. The summed E-state index contributed by atoms with van der Waals surface area (Å²) >= 11 is 5.81. The number of halogens is 1. The smallest absolute Gasteiger partial charge is 0.338 e. The first-order valence-corrected chi connectivity index (χ1v) is 7.61. The van der Waals surface area contributed by atoms with Gasteiger partial charge in [-0.15, -0.1) is 0 Å². The molecular weight excluding hydrogens is 298 g/mol. The number of benzene rings is 2. The Morgan fingerprint density at radius 1 is 1.14 bits per heavy atom. The third-order valence-corrected chi connectivity index (χ3v) is 3.50. The van der Waals surface area contributed by atoms with Gasteiger partial charge in [0.25, 0.3) is 0 Å². The minimum absolute atomic E-state index is 0.183. The van der Waals surface area contributed by atoms with Crippen LogP contribution < -0.4 is 0 Å². The third kappa shape index (κ3) is 5.17. The lowest BCUT2D eigenvalue weighted by Gasteiger charge is -2.21. The number of rotatable bonds is 6. The molecule has 0 saturated heterocycles. The molecule has 1 unspecified atom stereocenters. The van der Waals surface area contributed by atoms with E-state index in [9.17, 15) is 4.79 Å². The second-order valence-electron chi connectivity index (χ2n) is 5.41. The zero-order valence-corrected chi connectivity index (χ0v) is 13.6. The van der Waals surface area contributed by atoms with E-state index in [1.54, 1.807) is 24.3 Å². The largest absolute Gasteiger partial charge is 0.458 e. The van der Waals surface area contributed by atoms with Crippen LogP contribution in [-0.4, -0.2) is 30.6 Å². The highest BCUT2D eigenvalue weighted by Crippen LogP contribution is 2.12. The molecule has 1 atom stereocenters. The summed E-state index contributed by atoms with van der Waals surface area (Å²) in [7, 11) is 2.01. The van der Waals surface area contributed by atoms with E-state index in [4.69, 9.17) is 16.3 Å². The highest BCUT2D eigenvalue weighted by atomic mass is 35.5. The first kappa shape index (κ1) is 16.5. The Labute approximate surface area is 136 Å². The Hall–Kier alpha value is -1.84. The first-order valence-electron chi connectivity index (χ1n) is 7.23. The Morgan fingerprint density at radius 2 is 1.77 bits per heavy atom. The third-order valence-electron chi connectivity index (χ3n) is 3.25. The van der Waals surface area contributed by atoms with Gasteiger partial charge in [-0.2, -0.15) is 0 Å². The number of esters is 1. The second-order valence-corrected chi connectivity index (χ2v) is 5.84. The summed E-state index contributed by atoms with van der Waals surface area (Å²) in [6, 6.07) is 16.9. The molecule has 0 fully saturated rings. The van der Waals surface area contributed by atoms with Crippen LogP contribution >= 0.6 is 11.6 Å². The fourth-order valence-electron chi connectivity index (χ4n) is 2.27. The second kappa shape index (κ2) is 7.97. The van der Waals surface area contributed by atoms with Crippen LogP contribution in [0.3, 0.4) is 0 Å². The zero-order valence-electron chi connectivity index (χ0n) is 12.8. The van der Waals surface area contributed by atoms with Gasteiger partial charge >= 0.3 is 5.97 Å². The molecule has 0 aliphatic heterocycles. The van der Waals surface area contributed by atoms with Crippen molar-refractivity contribution in [3.63, 3.8) is 0 Å². The highest BCUT2D eigenvalue weighted by molar-refractivity contribution is 6.30. The van der Waals surface area contributed by atoms with Gasteiger partial charge in [0.1, 0.15) is 6.10 Å². The van der Waals surface area contributed by atoms with Crippen molar-refractivity contribution in [2.45, 2.75) is 19.6 Å². The molecule has 0 aliphatic rings. The molecule has 22 heavy (non-hydrogen) atoms. The van der Waals surface area contributed by atoms with Crippen LogP contribution in [0.2, 0.25) is 5.02 Å². The zero-order chi connectivity index (χ0) is 15.9. The Balaban J connectivity index is 1.83. The van der Waals surface area contributed by atoms with Gasteiger partial charge in [0.15, 0.2) is 0 Å². The topological polar surface area (TPSA) is 29.5 Å². The maximum Gasteiger partial charge on any atom is 0.338 e. The maximum atomic E-state index is 12.0. The maximum absolute atomic E-state index is 12.0. The number of nitrogens with zero attached hydrogens (tertiary/aromatic N) is 1. The van der Waals surface area contributed by atoms with Gasteiger partial charge < -0.3 is 4.74 Å². The molecule has 0 saturated carbocycles. The molecule has 0 aromatic heterocycles. The summed E-state index contributed by atoms with van der Waals surface area (Å²) in [6.45, 7) is 3.40. The van der Waals surface area contributed by atoms with Gasteiger partial charge in [0, 0.05) is 18.1 Å². The van der Waals surface area contributed by atoms with Crippen LogP contribution in [0, 0.1) is 0 Å². The summed E-state index contributed by atoms with van der Waals surface area (Å²) in [4.78, 5) is 14.2. The number of ether oxygens (including phenoxy) is 1. The number of hydrogen-bond acceptors (Lipinski definition) is 3.